The first kappa shape index (κ1) is 19.1. The third-order valence-electron chi connectivity index (χ3n) is 3.68. The number of hydrogen-bond acceptors (Lipinski definition) is 5. The number of alkyl halides is 3. The quantitative estimate of drug-likeness (QED) is 0.612. The molecule has 0 bridgehead atoms. The highest BCUT2D eigenvalue weighted by Crippen LogP contribution is 2.39. The lowest BCUT2D eigenvalue weighted by Crippen LogP contribution is -2.48. The van der Waals surface area contributed by atoms with E-state index in [-0.39, 0.29) is 28.1 Å². The third kappa shape index (κ3) is 5.67. The maximum absolute atomic E-state index is 12.2. The lowest BCUT2D eigenvalue weighted by molar-refractivity contribution is -0.125. The van der Waals surface area contributed by atoms with Crippen molar-refractivity contribution in [1.82, 2.24) is 5.32 Å². The van der Waals surface area contributed by atoms with Crippen LogP contribution in [0.3, 0.4) is 0 Å². The summed E-state index contributed by atoms with van der Waals surface area (Å²) in [6, 6.07) is 6.73. The molecule has 1 N–H and O–H groups in total. The largest absolute Gasteiger partial charge is 0.452 e. The minimum absolute atomic E-state index is 0.0320. The average Bonchev–Trinajstić information content (AvgIpc) is 3.37. The number of halogens is 3. The predicted octanol–water partition coefficient (Wildman–Crippen LogP) is 3.26. The predicted molar refractivity (Wildman–Crippen MR) is 83.5 cm³/mol. The number of rotatable bonds is 6. The fourth-order valence-corrected chi connectivity index (χ4v) is 2.75. The Morgan fingerprint density at radius 2 is 1.92 bits per heavy atom. The van der Waals surface area contributed by atoms with Crippen LogP contribution >= 0.6 is 11.8 Å². The maximum Gasteiger partial charge on any atom is 0.446 e. The number of benzene rings is 1. The summed E-state index contributed by atoms with van der Waals surface area (Å²) >= 11 is -0.290. The third-order valence-corrected chi connectivity index (χ3v) is 4.42. The Morgan fingerprint density at radius 3 is 2.40 bits per heavy atom. The molecule has 1 atom stereocenters. The summed E-state index contributed by atoms with van der Waals surface area (Å²) in [6.45, 7) is 1.04. The molecule has 25 heavy (non-hydrogen) atoms. The van der Waals surface area contributed by atoms with E-state index in [0.717, 1.165) is 25.0 Å². The summed E-state index contributed by atoms with van der Waals surface area (Å²) in [5.41, 5.74) is -5.36. The second-order valence-electron chi connectivity index (χ2n) is 5.78. The molecule has 1 fully saturated rings. The number of amides is 1. The van der Waals surface area contributed by atoms with Gasteiger partial charge in [0.05, 0.1) is 11.6 Å². The molecule has 0 unspecified atom stereocenters. The van der Waals surface area contributed by atoms with Gasteiger partial charge in [-0.15, -0.1) is 0 Å². The van der Waals surface area contributed by atoms with Crippen molar-refractivity contribution < 1.29 is 27.5 Å². The molecule has 1 aliphatic rings. The topological polar surface area (TPSA) is 79.2 Å². The molecule has 0 aromatic heterocycles. The van der Waals surface area contributed by atoms with Crippen LogP contribution in [0, 0.1) is 17.2 Å². The van der Waals surface area contributed by atoms with Gasteiger partial charge in [-0.25, -0.2) is 4.79 Å². The molecule has 0 spiro atoms. The van der Waals surface area contributed by atoms with E-state index in [1.807, 2.05) is 6.07 Å². The molecule has 5 nitrogen and oxygen atoms in total. The molecule has 134 valence electrons. The van der Waals surface area contributed by atoms with Gasteiger partial charge in [0, 0.05) is 4.90 Å². The molecule has 0 radical (unpaired) electrons. The molecule has 0 saturated heterocycles. The van der Waals surface area contributed by atoms with E-state index in [1.165, 1.54) is 12.1 Å². The van der Waals surface area contributed by atoms with Crippen LogP contribution in [0.2, 0.25) is 0 Å². The Hall–Kier alpha value is -2.21. The van der Waals surface area contributed by atoms with Crippen molar-refractivity contribution >= 4 is 23.6 Å². The summed E-state index contributed by atoms with van der Waals surface area (Å²) < 4.78 is 41.6. The van der Waals surface area contributed by atoms with Gasteiger partial charge >= 0.3 is 11.5 Å². The van der Waals surface area contributed by atoms with Crippen molar-refractivity contribution in [2.45, 2.75) is 35.7 Å². The van der Waals surface area contributed by atoms with E-state index in [0.29, 0.717) is 0 Å². The Morgan fingerprint density at radius 1 is 1.32 bits per heavy atom. The zero-order valence-electron chi connectivity index (χ0n) is 13.2. The Kier molecular flexibility index (Phi) is 5.62. The summed E-state index contributed by atoms with van der Waals surface area (Å²) in [6.07, 6.45) is 1.71. The van der Waals surface area contributed by atoms with Crippen LogP contribution in [0.1, 0.15) is 30.1 Å². The molecule has 0 heterocycles. The van der Waals surface area contributed by atoms with Crippen LogP contribution in [0.4, 0.5) is 13.2 Å². The summed E-state index contributed by atoms with van der Waals surface area (Å²) in [4.78, 5) is 23.6. The zero-order valence-corrected chi connectivity index (χ0v) is 14.0. The molecule has 1 amide bonds. The van der Waals surface area contributed by atoms with Crippen LogP contribution in [-0.4, -0.2) is 29.5 Å². The highest BCUT2D eigenvalue weighted by molar-refractivity contribution is 8.00. The van der Waals surface area contributed by atoms with Gasteiger partial charge in [-0.2, -0.15) is 18.4 Å². The average molecular weight is 372 g/mol. The lowest BCUT2D eigenvalue weighted by atomic mass is 9.98. The number of hydrogen-bond donors (Lipinski definition) is 1. The van der Waals surface area contributed by atoms with Gasteiger partial charge in [0.1, 0.15) is 5.54 Å². The molecule has 1 aromatic rings. The van der Waals surface area contributed by atoms with Crippen LogP contribution in [0.15, 0.2) is 29.2 Å². The highest BCUT2D eigenvalue weighted by atomic mass is 32.2. The molecular formula is C16H15F3N2O3S. The van der Waals surface area contributed by atoms with Gasteiger partial charge in [0.2, 0.25) is 0 Å². The smallest absolute Gasteiger partial charge is 0.446 e. The van der Waals surface area contributed by atoms with Gasteiger partial charge < -0.3 is 10.1 Å². The van der Waals surface area contributed by atoms with E-state index in [2.05, 4.69) is 5.32 Å². The van der Waals surface area contributed by atoms with Crippen LogP contribution in [0.5, 0.6) is 0 Å². The normalized spacial score (nSPS) is 16.4. The SMILES string of the molecule is C[C@@](C#N)(NC(=O)COC(=O)c1ccc(SC(F)(F)F)cc1)C1CC1. The highest BCUT2D eigenvalue weighted by Gasteiger charge is 2.43. The van der Waals surface area contributed by atoms with Crippen molar-refractivity contribution in [3.05, 3.63) is 29.8 Å². The minimum atomic E-state index is -4.41. The monoisotopic (exact) mass is 372 g/mol. The summed E-state index contributed by atoms with van der Waals surface area (Å²) in [7, 11) is 0. The fourth-order valence-electron chi connectivity index (χ4n) is 2.21. The lowest BCUT2D eigenvalue weighted by Gasteiger charge is -2.22. The standard InChI is InChI=1S/C16H15F3N2O3S/c1-15(9-20,11-4-5-11)21-13(22)8-24-14(23)10-2-6-12(7-3-10)25-16(17,18)19/h2-3,6-7,11H,4-5,8H2,1H3,(H,21,22)/t15-/m0/s1. The summed E-state index contributed by atoms with van der Waals surface area (Å²) in [5.74, 6) is -1.34. The van der Waals surface area contributed by atoms with E-state index in [1.54, 1.807) is 6.92 Å². The number of thioether (sulfide) groups is 1. The van der Waals surface area contributed by atoms with Crippen LogP contribution in [0.25, 0.3) is 0 Å². The minimum Gasteiger partial charge on any atom is -0.452 e. The van der Waals surface area contributed by atoms with Crippen molar-refractivity contribution in [3.63, 3.8) is 0 Å². The molecular weight excluding hydrogens is 357 g/mol. The molecule has 0 aliphatic heterocycles. The van der Waals surface area contributed by atoms with Gasteiger partial charge in [-0.05, 0) is 61.7 Å². The molecule has 2 rings (SSSR count). The number of carbonyl (C=O) groups excluding carboxylic acids is 2. The number of carbonyl (C=O) groups is 2. The first-order valence-electron chi connectivity index (χ1n) is 7.38. The Bertz CT molecular complexity index is 696. The Labute approximate surface area is 146 Å². The van der Waals surface area contributed by atoms with Gasteiger partial charge in [-0.1, -0.05) is 0 Å². The van der Waals surface area contributed by atoms with Gasteiger partial charge in [0.15, 0.2) is 6.61 Å². The van der Waals surface area contributed by atoms with E-state index in [9.17, 15) is 22.8 Å². The number of nitriles is 1. The van der Waals surface area contributed by atoms with E-state index < -0.39 is 29.5 Å². The molecule has 1 saturated carbocycles. The van der Waals surface area contributed by atoms with E-state index >= 15 is 0 Å². The van der Waals surface area contributed by atoms with Crippen molar-refractivity contribution in [2.75, 3.05) is 6.61 Å². The number of esters is 1. The van der Waals surface area contributed by atoms with Crippen molar-refractivity contribution in [2.24, 2.45) is 5.92 Å². The van der Waals surface area contributed by atoms with Crippen LogP contribution in [-0.2, 0) is 9.53 Å². The summed E-state index contributed by atoms with van der Waals surface area (Å²) in [5, 5.41) is 11.7. The Balaban J connectivity index is 1.85. The van der Waals surface area contributed by atoms with E-state index in [4.69, 9.17) is 10.00 Å². The first-order valence-corrected chi connectivity index (χ1v) is 8.20. The second kappa shape index (κ2) is 7.35. The number of nitrogens with one attached hydrogen (secondary N) is 1. The first-order chi connectivity index (χ1) is 11.6. The van der Waals surface area contributed by atoms with Crippen LogP contribution < -0.4 is 5.32 Å². The fraction of sp³-hybridized carbons (Fsp3) is 0.438. The van der Waals surface area contributed by atoms with Gasteiger partial charge in [-0.3, -0.25) is 4.79 Å². The molecule has 1 aliphatic carbocycles. The maximum atomic E-state index is 12.2. The van der Waals surface area contributed by atoms with Crippen molar-refractivity contribution in [1.29, 1.82) is 5.26 Å². The molecule has 1 aromatic carbocycles. The number of nitrogens with zero attached hydrogens (tertiary/aromatic N) is 1. The zero-order chi connectivity index (χ0) is 18.7. The number of ether oxygens (including phenoxy) is 1. The van der Waals surface area contributed by atoms with Gasteiger partial charge in [0.25, 0.3) is 5.91 Å². The second-order valence-corrected chi connectivity index (χ2v) is 6.92. The van der Waals surface area contributed by atoms with Crippen molar-refractivity contribution in [3.8, 4) is 6.07 Å². The molecule has 9 heteroatoms.